The van der Waals surface area contributed by atoms with Crippen LogP contribution in [0.4, 0.5) is 4.79 Å². The Morgan fingerprint density at radius 1 is 1.03 bits per heavy atom. The molecule has 2 heterocycles. The number of hydrogen-bond acceptors (Lipinski definition) is 5. The zero-order valence-electron chi connectivity index (χ0n) is 21.7. The molecule has 0 bridgehead atoms. The third kappa shape index (κ3) is 5.89. The summed E-state index contributed by atoms with van der Waals surface area (Å²) >= 11 is -2.51. The summed E-state index contributed by atoms with van der Waals surface area (Å²) in [6, 6.07) is 26.8. The largest absolute Gasteiger partial charge is 0.428 e. The molecular weight excluding hydrogens is 512 g/mol. The molecule has 0 saturated carbocycles. The van der Waals surface area contributed by atoms with Crippen LogP contribution in [0.1, 0.15) is 23.9 Å². The maximum Gasteiger partial charge on any atom is 0.428 e. The SMILES string of the molecule is CCc1nc2cc(-c3ccccn3)ccc2n1-c1ccc(CCN(C(=O)Oc2ccc(C)cc2)S(=O)O)cc1. The van der Waals surface area contributed by atoms with Gasteiger partial charge in [0.2, 0.25) is 0 Å². The van der Waals surface area contributed by atoms with E-state index in [1.807, 2.05) is 49.4 Å². The first kappa shape index (κ1) is 26.3. The Kier molecular flexibility index (Phi) is 7.81. The van der Waals surface area contributed by atoms with Gasteiger partial charge in [-0.3, -0.25) is 14.1 Å². The number of nitrogens with zero attached hydrogens (tertiary/aromatic N) is 4. The molecule has 0 aliphatic rings. The van der Waals surface area contributed by atoms with E-state index in [-0.39, 0.29) is 6.54 Å². The summed E-state index contributed by atoms with van der Waals surface area (Å²) in [4.78, 5) is 21.8. The van der Waals surface area contributed by atoms with Crippen LogP contribution in [0.5, 0.6) is 5.75 Å². The number of aromatic nitrogens is 3. The van der Waals surface area contributed by atoms with Crippen LogP contribution < -0.4 is 4.74 Å². The number of ether oxygens (including phenoxy) is 1. The molecule has 1 amide bonds. The molecule has 1 atom stereocenters. The average molecular weight is 541 g/mol. The minimum absolute atomic E-state index is 0.0255. The molecule has 0 aliphatic carbocycles. The Balaban J connectivity index is 1.32. The van der Waals surface area contributed by atoms with E-state index in [1.165, 1.54) is 0 Å². The average Bonchev–Trinajstić information content (AvgIpc) is 3.33. The Morgan fingerprint density at radius 2 is 1.79 bits per heavy atom. The summed E-state index contributed by atoms with van der Waals surface area (Å²) < 4.78 is 29.7. The minimum Gasteiger partial charge on any atom is -0.410 e. The van der Waals surface area contributed by atoms with Gasteiger partial charge in [-0.15, -0.1) is 0 Å². The second-order valence-electron chi connectivity index (χ2n) is 9.07. The predicted octanol–water partition coefficient (Wildman–Crippen LogP) is 6.14. The van der Waals surface area contributed by atoms with Gasteiger partial charge in [0.25, 0.3) is 11.3 Å². The molecular formula is C30H28N4O4S. The first-order valence-electron chi connectivity index (χ1n) is 12.6. The van der Waals surface area contributed by atoms with Crippen LogP contribution in [0.25, 0.3) is 28.0 Å². The second-order valence-corrected chi connectivity index (χ2v) is 9.97. The quantitative estimate of drug-likeness (QED) is 0.238. The summed E-state index contributed by atoms with van der Waals surface area (Å²) in [5.74, 6) is 1.26. The molecule has 39 heavy (non-hydrogen) atoms. The summed E-state index contributed by atoms with van der Waals surface area (Å²) in [6.45, 7) is 4.02. The smallest absolute Gasteiger partial charge is 0.410 e. The maximum absolute atomic E-state index is 12.5. The molecule has 5 rings (SSSR count). The highest BCUT2D eigenvalue weighted by Gasteiger charge is 2.21. The Hall–Kier alpha value is -4.34. The van der Waals surface area contributed by atoms with Gasteiger partial charge in [-0.1, -0.05) is 48.9 Å². The van der Waals surface area contributed by atoms with Crippen LogP contribution in [0.2, 0.25) is 0 Å². The molecule has 198 valence electrons. The lowest BCUT2D eigenvalue weighted by Gasteiger charge is -2.17. The number of amides is 1. The number of benzene rings is 3. The fourth-order valence-corrected chi connectivity index (χ4v) is 4.79. The van der Waals surface area contributed by atoms with Crippen molar-refractivity contribution in [2.45, 2.75) is 26.7 Å². The molecule has 2 aromatic heterocycles. The summed E-state index contributed by atoms with van der Waals surface area (Å²) in [5, 5.41) is 0. The second kappa shape index (κ2) is 11.6. The molecule has 3 aromatic carbocycles. The summed E-state index contributed by atoms with van der Waals surface area (Å²) in [5.41, 5.74) is 6.70. The normalized spacial score (nSPS) is 11.9. The van der Waals surface area contributed by atoms with E-state index < -0.39 is 17.4 Å². The number of aryl methyl sites for hydroxylation is 2. The van der Waals surface area contributed by atoms with Gasteiger partial charge in [0.15, 0.2) is 0 Å². The lowest BCUT2D eigenvalue weighted by Crippen LogP contribution is -2.36. The standard InChI is InChI=1S/C30H28N4O4S/c1-3-29-32-27-20-23(26-6-4-5-18-31-26)11-16-28(27)34(29)24-12-9-22(10-13-24)17-19-33(39(36)37)30(35)38-25-14-7-21(2)8-15-25/h4-16,18,20H,3,17,19H2,1-2H3,(H,36,37). The summed E-state index contributed by atoms with van der Waals surface area (Å²) in [6.07, 6.45) is 2.05. The molecule has 0 saturated heterocycles. The van der Waals surface area contributed by atoms with Crippen molar-refractivity contribution in [2.75, 3.05) is 6.54 Å². The Morgan fingerprint density at radius 3 is 2.46 bits per heavy atom. The monoisotopic (exact) mass is 540 g/mol. The number of imidazole rings is 1. The number of hydrogen-bond donors (Lipinski definition) is 1. The van der Waals surface area contributed by atoms with Gasteiger partial charge >= 0.3 is 6.09 Å². The van der Waals surface area contributed by atoms with Crippen LogP contribution >= 0.6 is 0 Å². The Bertz CT molecular complexity index is 1620. The van der Waals surface area contributed by atoms with Gasteiger partial charge in [-0.05, 0) is 67.4 Å². The van der Waals surface area contributed by atoms with E-state index >= 15 is 0 Å². The van der Waals surface area contributed by atoms with Gasteiger partial charge < -0.3 is 4.74 Å². The van der Waals surface area contributed by atoms with Crippen molar-refractivity contribution in [2.24, 2.45) is 0 Å². The van der Waals surface area contributed by atoms with E-state index in [2.05, 4.69) is 34.7 Å². The maximum atomic E-state index is 12.5. The van der Waals surface area contributed by atoms with Crippen molar-refractivity contribution in [3.8, 4) is 22.7 Å². The van der Waals surface area contributed by atoms with Gasteiger partial charge in [0.05, 0.1) is 16.7 Å². The Labute approximate surface area is 229 Å². The third-order valence-electron chi connectivity index (χ3n) is 6.42. The number of carbonyl (C=O) groups is 1. The number of carbonyl (C=O) groups excluding carboxylic acids is 1. The predicted molar refractivity (Wildman–Crippen MR) is 152 cm³/mol. The minimum atomic E-state index is -2.51. The summed E-state index contributed by atoms with van der Waals surface area (Å²) in [7, 11) is 0. The first-order chi connectivity index (χ1) is 18.9. The van der Waals surface area contributed by atoms with E-state index in [0.29, 0.717) is 12.2 Å². The van der Waals surface area contributed by atoms with Crippen molar-refractivity contribution in [3.05, 3.63) is 108 Å². The van der Waals surface area contributed by atoms with Crippen molar-refractivity contribution >= 4 is 28.4 Å². The molecule has 0 fully saturated rings. The first-order valence-corrected chi connectivity index (χ1v) is 13.7. The molecule has 0 aliphatic heterocycles. The zero-order valence-corrected chi connectivity index (χ0v) is 22.5. The van der Waals surface area contributed by atoms with E-state index in [1.54, 1.807) is 30.5 Å². The van der Waals surface area contributed by atoms with Gasteiger partial charge in [0, 0.05) is 30.4 Å². The van der Waals surface area contributed by atoms with E-state index in [9.17, 15) is 13.6 Å². The van der Waals surface area contributed by atoms with Crippen LogP contribution in [0.15, 0.2) is 91.1 Å². The topological polar surface area (TPSA) is 97.5 Å². The fraction of sp³-hybridized carbons (Fsp3) is 0.167. The molecule has 8 nitrogen and oxygen atoms in total. The molecule has 0 spiro atoms. The molecule has 1 N–H and O–H groups in total. The number of rotatable bonds is 8. The highest BCUT2D eigenvalue weighted by atomic mass is 32.2. The molecule has 5 aromatic rings. The number of pyridine rings is 1. The highest BCUT2D eigenvalue weighted by molar-refractivity contribution is 7.77. The molecule has 9 heteroatoms. The van der Waals surface area contributed by atoms with Crippen LogP contribution in [-0.2, 0) is 24.1 Å². The van der Waals surface area contributed by atoms with Crippen LogP contribution in [0, 0.1) is 6.92 Å². The fourth-order valence-electron chi connectivity index (χ4n) is 4.38. The zero-order chi connectivity index (χ0) is 27.4. The van der Waals surface area contributed by atoms with Crippen LogP contribution in [0.3, 0.4) is 0 Å². The third-order valence-corrected chi connectivity index (χ3v) is 7.13. The van der Waals surface area contributed by atoms with E-state index in [4.69, 9.17) is 9.72 Å². The van der Waals surface area contributed by atoms with Crippen molar-refractivity contribution in [1.29, 1.82) is 0 Å². The van der Waals surface area contributed by atoms with Crippen molar-refractivity contribution < 1.29 is 18.3 Å². The number of fused-ring (bicyclic) bond motifs is 1. The molecule has 0 radical (unpaired) electrons. The van der Waals surface area contributed by atoms with Gasteiger partial charge in [-0.2, -0.15) is 0 Å². The molecule has 1 unspecified atom stereocenters. The van der Waals surface area contributed by atoms with Crippen molar-refractivity contribution in [1.82, 2.24) is 18.8 Å². The van der Waals surface area contributed by atoms with Crippen molar-refractivity contribution in [3.63, 3.8) is 0 Å². The lowest BCUT2D eigenvalue weighted by molar-refractivity contribution is 0.178. The van der Waals surface area contributed by atoms with Gasteiger partial charge in [-0.25, -0.2) is 18.3 Å². The lowest BCUT2D eigenvalue weighted by atomic mass is 10.1. The van der Waals surface area contributed by atoms with E-state index in [0.717, 1.165) is 55.7 Å². The van der Waals surface area contributed by atoms with Gasteiger partial charge in [0.1, 0.15) is 11.6 Å². The highest BCUT2D eigenvalue weighted by Crippen LogP contribution is 2.27. The van der Waals surface area contributed by atoms with Crippen LogP contribution in [-0.4, -0.2) is 40.2 Å².